The molecule has 0 bridgehead atoms. The van der Waals surface area contributed by atoms with Crippen LogP contribution >= 0.6 is 0 Å². The van der Waals surface area contributed by atoms with Gasteiger partial charge >= 0.3 is 0 Å². The van der Waals surface area contributed by atoms with Crippen molar-refractivity contribution in [3.63, 3.8) is 0 Å². The van der Waals surface area contributed by atoms with Crippen LogP contribution in [0.1, 0.15) is 48.7 Å². The van der Waals surface area contributed by atoms with Gasteiger partial charge in [-0.2, -0.15) is 8.42 Å². The molecule has 0 unspecified atom stereocenters. The number of carbonyl (C=O) groups is 1. The first-order valence-corrected chi connectivity index (χ1v) is 9.52. The number of amides is 1. The molecule has 0 heterocycles. The number of hydrogen-bond acceptors (Lipinski definition) is 3. The second-order valence-electron chi connectivity index (χ2n) is 6.62. The minimum Gasteiger partial charge on any atom is -0.348 e. The van der Waals surface area contributed by atoms with Crippen molar-refractivity contribution in [1.82, 2.24) is 5.32 Å². The van der Waals surface area contributed by atoms with E-state index in [0.29, 0.717) is 12.1 Å². The monoisotopic (exact) mass is 361 g/mol. The SMILES string of the molecule is CCC(C)(C)c1cccc(CNC(=O)c2ccc(S(=O)(=O)O)cc2)c1. The minimum absolute atomic E-state index is 0.0750. The van der Waals surface area contributed by atoms with Crippen molar-refractivity contribution in [2.24, 2.45) is 0 Å². The van der Waals surface area contributed by atoms with E-state index < -0.39 is 10.1 Å². The fourth-order valence-electron chi connectivity index (χ4n) is 2.37. The highest BCUT2D eigenvalue weighted by molar-refractivity contribution is 7.85. The van der Waals surface area contributed by atoms with Crippen molar-refractivity contribution in [2.75, 3.05) is 0 Å². The zero-order valence-electron chi connectivity index (χ0n) is 14.6. The van der Waals surface area contributed by atoms with Gasteiger partial charge in [0.2, 0.25) is 0 Å². The summed E-state index contributed by atoms with van der Waals surface area (Å²) < 4.78 is 31.0. The summed E-state index contributed by atoms with van der Waals surface area (Å²) in [5.41, 5.74) is 2.63. The number of nitrogens with one attached hydrogen (secondary N) is 1. The number of benzene rings is 2. The summed E-state index contributed by atoms with van der Waals surface area (Å²) in [6.07, 6.45) is 1.02. The predicted molar refractivity (Wildman–Crippen MR) is 97.2 cm³/mol. The summed E-state index contributed by atoms with van der Waals surface area (Å²) >= 11 is 0. The summed E-state index contributed by atoms with van der Waals surface area (Å²) in [6, 6.07) is 13.3. The van der Waals surface area contributed by atoms with Crippen LogP contribution in [0.4, 0.5) is 0 Å². The molecule has 0 radical (unpaired) electrons. The van der Waals surface area contributed by atoms with Gasteiger partial charge in [0.1, 0.15) is 0 Å². The third-order valence-electron chi connectivity index (χ3n) is 4.46. The molecule has 0 fully saturated rings. The Morgan fingerprint density at radius 3 is 2.32 bits per heavy atom. The van der Waals surface area contributed by atoms with Crippen LogP contribution in [0, 0.1) is 0 Å². The van der Waals surface area contributed by atoms with Gasteiger partial charge in [-0.3, -0.25) is 9.35 Å². The first-order valence-electron chi connectivity index (χ1n) is 8.08. The lowest BCUT2D eigenvalue weighted by Gasteiger charge is -2.24. The second kappa shape index (κ2) is 7.37. The van der Waals surface area contributed by atoms with E-state index in [0.717, 1.165) is 12.0 Å². The molecule has 25 heavy (non-hydrogen) atoms. The summed E-state index contributed by atoms with van der Waals surface area (Å²) in [7, 11) is -4.25. The molecule has 0 aliphatic carbocycles. The quantitative estimate of drug-likeness (QED) is 0.771. The first kappa shape index (κ1) is 19.1. The smallest absolute Gasteiger partial charge is 0.294 e. The standard InChI is InChI=1S/C19H23NO4S/c1-4-19(2,3)16-7-5-6-14(12-16)13-20-18(21)15-8-10-17(11-9-15)25(22,23)24/h5-12H,4,13H2,1-3H3,(H,20,21)(H,22,23,24). The molecule has 2 aromatic rings. The molecule has 2 rings (SSSR count). The summed E-state index contributed by atoms with van der Waals surface area (Å²) in [6.45, 7) is 6.89. The molecule has 1 amide bonds. The van der Waals surface area contributed by atoms with Crippen molar-refractivity contribution in [3.05, 3.63) is 65.2 Å². The van der Waals surface area contributed by atoms with Crippen molar-refractivity contribution in [1.29, 1.82) is 0 Å². The maximum Gasteiger partial charge on any atom is 0.294 e. The molecule has 134 valence electrons. The molecular weight excluding hydrogens is 338 g/mol. The van der Waals surface area contributed by atoms with Crippen LogP contribution in [0.5, 0.6) is 0 Å². The Kier molecular flexibility index (Phi) is 5.65. The number of hydrogen-bond donors (Lipinski definition) is 2. The minimum atomic E-state index is -4.25. The van der Waals surface area contributed by atoms with Crippen molar-refractivity contribution >= 4 is 16.0 Å². The van der Waals surface area contributed by atoms with Gasteiger partial charge in [-0.15, -0.1) is 0 Å². The van der Waals surface area contributed by atoms with E-state index in [4.69, 9.17) is 4.55 Å². The summed E-state index contributed by atoms with van der Waals surface area (Å²) in [4.78, 5) is 12.0. The Hall–Kier alpha value is -2.18. The third kappa shape index (κ3) is 4.90. The van der Waals surface area contributed by atoms with E-state index in [-0.39, 0.29) is 16.2 Å². The molecule has 0 spiro atoms. The Bertz CT molecular complexity index is 855. The number of rotatable bonds is 6. The van der Waals surface area contributed by atoms with Crippen LogP contribution in [-0.4, -0.2) is 18.9 Å². The molecule has 0 saturated heterocycles. The van der Waals surface area contributed by atoms with Crippen LogP contribution < -0.4 is 5.32 Å². The van der Waals surface area contributed by atoms with Crippen LogP contribution in [-0.2, 0) is 22.1 Å². The second-order valence-corrected chi connectivity index (χ2v) is 8.04. The van der Waals surface area contributed by atoms with Crippen molar-refractivity contribution < 1.29 is 17.8 Å². The van der Waals surface area contributed by atoms with E-state index in [1.807, 2.05) is 12.1 Å². The highest BCUT2D eigenvalue weighted by Crippen LogP contribution is 2.27. The van der Waals surface area contributed by atoms with Crippen LogP contribution in [0.3, 0.4) is 0 Å². The van der Waals surface area contributed by atoms with Crippen LogP contribution in [0.2, 0.25) is 0 Å². The lowest BCUT2D eigenvalue weighted by Crippen LogP contribution is -2.23. The summed E-state index contributed by atoms with van der Waals surface area (Å²) in [5.74, 6) is -0.304. The highest BCUT2D eigenvalue weighted by Gasteiger charge is 2.18. The average Bonchev–Trinajstić information content (AvgIpc) is 2.59. The fourth-order valence-corrected chi connectivity index (χ4v) is 2.85. The van der Waals surface area contributed by atoms with E-state index in [1.54, 1.807) is 0 Å². The zero-order valence-corrected chi connectivity index (χ0v) is 15.4. The lowest BCUT2D eigenvalue weighted by atomic mass is 9.82. The van der Waals surface area contributed by atoms with Gasteiger partial charge in [0.15, 0.2) is 0 Å². The molecule has 0 aliphatic rings. The van der Waals surface area contributed by atoms with Crippen molar-refractivity contribution in [2.45, 2.75) is 44.0 Å². The molecular formula is C19H23NO4S. The van der Waals surface area contributed by atoms with E-state index in [1.165, 1.54) is 29.8 Å². The Morgan fingerprint density at radius 1 is 1.12 bits per heavy atom. The Morgan fingerprint density at radius 2 is 1.76 bits per heavy atom. The first-order chi connectivity index (χ1) is 11.6. The summed E-state index contributed by atoms with van der Waals surface area (Å²) in [5, 5.41) is 2.82. The van der Waals surface area contributed by atoms with Crippen LogP contribution in [0.25, 0.3) is 0 Å². The number of carbonyl (C=O) groups excluding carboxylic acids is 1. The van der Waals surface area contributed by atoms with Gasteiger partial charge in [0.05, 0.1) is 4.90 Å². The topological polar surface area (TPSA) is 83.5 Å². The molecule has 2 N–H and O–H groups in total. The third-order valence-corrected chi connectivity index (χ3v) is 5.33. The van der Waals surface area contributed by atoms with Gasteiger partial charge < -0.3 is 5.32 Å². The molecule has 0 aliphatic heterocycles. The molecule has 2 aromatic carbocycles. The Labute approximate surface area is 148 Å². The van der Waals surface area contributed by atoms with Crippen LogP contribution in [0.15, 0.2) is 53.4 Å². The van der Waals surface area contributed by atoms with Gasteiger partial charge in [0, 0.05) is 12.1 Å². The van der Waals surface area contributed by atoms with E-state index in [2.05, 4.69) is 38.2 Å². The van der Waals surface area contributed by atoms with Crippen molar-refractivity contribution in [3.8, 4) is 0 Å². The Balaban J connectivity index is 2.06. The van der Waals surface area contributed by atoms with Gasteiger partial charge in [-0.1, -0.05) is 45.0 Å². The molecule has 0 aromatic heterocycles. The van der Waals surface area contributed by atoms with Gasteiger partial charge in [-0.25, -0.2) is 0 Å². The molecule has 6 heteroatoms. The van der Waals surface area contributed by atoms with Gasteiger partial charge in [-0.05, 0) is 47.2 Å². The molecule has 0 saturated carbocycles. The fraction of sp³-hybridized carbons (Fsp3) is 0.316. The molecule has 0 atom stereocenters. The highest BCUT2D eigenvalue weighted by atomic mass is 32.2. The maximum absolute atomic E-state index is 12.2. The average molecular weight is 361 g/mol. The predicted octanol–water partition coefficient (Wildman–Crippen LogP) is 3.55. The largest absolute Gasteiger partial charge is 0.348 e. The van der Waals surface area contributed by atoms with E-state index >= 15 is 0 Å². The lowest BCUT2D eigenvalue weighted by molar-refractivity contribution is 0.0950. The maximum atomic E-state index is 12.2. The van der Waals surface area contributed by atoms with Gasteiger partial charge in [0.25, 0.3) is 16.0 Å². The zero-order chi connectivity index (χ0) is 18.7. The normalized spacial score (nSPS) is 12.0. The molecule has 5 nitrogen and oxygen atoms in total. The van der Waals surface area contributed by atoms with E-state index in [9.17, 15) is 13.2 Å².